The summed E-state index contributed by atoms with van der Waals surface area (Å²) in [4.78, 5) is 27.7. The fraction of sp³-hybridized carbons (Fsp3) is 0.481. The molecule has 1 aliphatic heterocycles. The molecule has 2 aromatic carbocycles. The van der Waals surface area contributed by atoms with Crippen molar-refractivity contribution in [3.8, 4) is 5.75 Å². The SMILES string of the molecule is CCCCNC(=O)N1CC(C(=O)NCCc2ccc(OC)cc2)CCC1c1ccc(F)c(C)c1. The van der Waals surface area contributed by atoms with E-state index in [0.29, 0.717) is 38.0 Å². The molecule has 0 radical (unpaired) electrons. The van der Waals surface area contributed by atoms with E-state index < -0.39 is 0 Å². The Kier molecular flexibility index (Phi) is 9.31. The molecule has 6 nitrogen and oxygen atoms in total. The summed E-state index contributed by atoms with van der Waals surface area (Å²) in [6.07, 6.45) is 3.94. The van der Waals surface area contributed by atoms with Gasteiger partial charge in [-0.25, -0.2) is 9.18 Å². The molecule has 0 bridgehead atoms. The number of ether oxygens (including phenoxy) is 1. The summed E-state index contributed by atoms with van der Waals surface area (Å²) in [5.41, 5.74) is 2.58. The lowest BCUT2D eigenvalue weighted by Gasteiger charge is -2.39. The first-order valence-electron chi connectivity index (χ1n) is 12.1. The van der Waals surface area contributed by atoms with E-state index in [-0.39, 0.29) is 29.7 Å². The van der Waals surface area contributed by atoms with Crippen molar-refractivity contribution in [2.24, 2.45) is 5.92 Å². The topological polar surface area (TPSA) is 70.7 Å². The van der Waals surface area contributed by atoms with Crippen LogP contribution in [0, 0.1) is 18.7 Å². The van der Waals surface area contributed by atoms with E-state index in [9.17, 15) is 14.0 Å². The number of halogens is 1. The quantitative estimate of drug-likeness (QED) is 0.520. The molecular weight excluding hydrogens is 433 g/mol. The van der Waals surface area contributed by atoms with Crippen LogP contribution in [0.5, 0.6) is 5.75 Å². The number of urea groups is 1. The number of carbonyl (C=O) groups is 2. The van der Waals surface area contributed by atoms with E-state index in [0.717, 1.165) is 36.1 Å². The van der Waals surface area contributed by atoms with E-state index in [4.69, 9.17) is 4.74 Å². The number of carbonyl (C=O) groups excluding carboxylic acids is 2. The van der Waals surface area contributed by atoms with Crippen molar-refractivity contribution < 1.29 is 18.7 Å². The van der Waals surface area contributed by atoms with Gasteiger partial charge >= 0.3 is 6.03 Å². The van der Waals surface area contributed by atoms with Gasteiger partial charge in [-0.1, -0.05) is 37.6 Å². The Bertz CT molecular complexity index is 964. The molecule has 1 saturated heterocycles. The molecule has 184 valence electrons. The lowest BCUT2D eigenvalue weighted by atomic mass is 9.88. The second kappa shape index (κ2) is 12.4. The van der Waals surface area contributed by atoms with Crippen molar-refractivity contribution in [3.63, 3.8) is 0 Å². The normalized spacial score (nSPS) is 17.8. The third-order valence-corrected chi connectivity index (χ3v) is 6.46. The highest BCUT2D eigenvalue weighted by Gasteiger charge is 2.35. The van der Waals surface area contributed by atoms with Gasteiger partial charge in [0.05, 0.1) is 19.1 Å². The summed E-state index contributed by atoms with van der Waals surface area (Å²) in [6, 6.07) is 12.5. The fourth-order valence-electron chi connectivity index (χ4n) is 4.37. The number of rotatable bonds is 9. The molecule has 2 atom stereocenters. The Balaban J connectivity index is 1.63. The lowest BCUT2D eigenvalue weighted by molar-refractivity contribution is -0.126. The van der Waals surface area contributed by atoms with Gasteiger partial charge in [0.25, 0.3) is 0 Å². The van der Waals surface area contributed by atoms with Crippen LogP contribution in [0.2, 0.25) is 0 Å². The van der Waals surface area contributed by atoms with Gasteiger partial charge in [-0.15, -0.1) is 0 Å². The highest BCUT2D eigenvalue weighted by atomic mass is 19.1. The molecule has 0 aliphatic carbocycles. The van der Waals surface area contributed by atoms with Crippen LogP contribution in [0.4, 0.5) is 9.18 Å². The van der Waals surface area contributed by atoms with Crippen molar-refractivity contribution in [1.82, 2.24) is 15.5 Å². The second-order valence-corrected chi connectivity index (χ2v) is 8.93. The predicted molar refractivity (Wildman–Crippen MR) is 131 cm³/mol. The largest absolute Gasteiger partial charge is 0.497 e. The van der Waals surface area contributed by atoms with Crippen molar-refractivity contribution >= 4 is 11.9 Å². The van der Waals surface area contributed by atoms with Crippen LogP contribution in [-0.4, -0.2) is 43.6 Å². The number of nitrogens with zero attached hydrogens (tertiary/aromatic N) is 1. The van der Waals surface area contributed by atoms with Crippen LogP contribution in [0.15, 0.2) is 42.5 Å². The number of piperidine rings is 1. The number of amides is 3. The standard InChI is InChI=1S/C27H36FN3O3/c1-4-5-15-30-27(33)31-18-22(9-13-25(31)21-8-12-24(28)19(2)17-21)26(32)29-16-14-20-6-10-23(34-3)11-7-20/h6-8,10-12,17,22,25H,4-5,9,13-16,18H2,1-3H3,(H,29,32)(H,30,33). The molecule has 3 rings (SSSR count). The molecule has 2 aromatic rings. The molecule has 2 N–H and O–H groups in total. The van der Waals surface area contributed by atoms with Gasteiger partial charge in [-0.3, -0.25) is 4.79 Å². The third kappa shape index (κ3) is 6.72. The molecule has 1 heterocycles. The number of nitrogens with one attached hydrogen (secondary N) is 2. The molecule has 1 fully saturated rings. The molecule has 7 heteroatoms. The van der Waals surface area contributed by atoms with Gasteiger partial charge in [0, 0.05) is 19.6 Å². The zero-order valence-corrected chi connectivity index (χ0v) is 20.4. The van der Waals surface area contributed by atoms with Crippen molar-refractivity contribution in [1.29, 1.82) is 0 Å². The van der Waals surface area contributed by atoms with Gasteiger partial charge in [0.2, 0.25) is 5.91 Å². The molecule has 0 saturated carbocycles. The fourth-order valence-corrected chi connectivity index (χ4v) is 4.37. The highest BCUT2D eigenvalue weighted by Crippen LogP contribution is 2.34. The van der Waals surface area contributed by atoms with Crippen LogP contribution >= 0.6 is 0 Å². The Morgan fingerprint density at radius 3 is 2.53 bits per heavy atom. The van der Waals surface area contributed by atoms with Crippen molar-refractivity contribution in [2.75, 3.05) is 26.7 Å². The minimum Gasteiger partial charge on any atom is -0.497 e. The minimum atomic E-state index is -0.273. The van der Waals surface area contributed by atoms with Gasteiger partial charge in [-0.05, 0) is 67.5 Å². The number of aryl methyl sites for hydroxylation is 1. The molecule has 1 aliphatic rings. The maximum absolute atomic E-state index is 13.8. The van der Waals surface area contributed by atoms with E-state index >= 15 is 0 Å². The number of unbranched alkanes of at least 4 members (excludes halogenated alkanes) is 1. The number of benzene rings is 2. The molecule has 0 aromatic heterocycles. The summed E-state index contributed by atoms with van der Waals surface area (Å²) in [5.74, 6) is 0.241. The van der Waals surface area contributed by atoms with E-state index in [1.807, 2.05) is 30.3 Å². The number of likely N-dealkylation sites (tertiary alicyclic amines) is 1. The maximum Gasteiger partial charge on any atom is 0.317 e. The van der Waals surface area contributed by atoms with Crippen LogP contribution in [0.25, 0.3) is 0 Å². The molecule has 34 heavy (non-hydrogen) atoms. The summed E-state index contributed by atoms with van der Waals surface area (Å²) in [6.45, 7) is 5.27. The number of hydrogen-bond acceptors (Lipinski definition) is 3. The van der Waals surface area contributed by atoms with E-state index in [2.05, 4.69) is 17.6 Å². The summed E-state index contributed by atoms with van der Waals surface area (Å²) < 4.78 is 19.0. The van der Waals surface area contributed by atoms with E-state index in [1.54, 1.807) is 25.0 Å². The zero-order valence-electron chi connectivity index (χ0n) is 20.4. The first-order chi connectivity index (χ1) is 16.4. The molecule has 2 unspecified atom stereocenters. The predicted octanol–water partition coefficient (Wildman–Crippen LogP) is 4.76. The number of hydrogen-bond donors (Lipinski definition) is 2. The first kappa shape index (κ1) is 25.5. The Morgan fingerprint density at radius 2 is 1.85 bits per heavy atom. The van der Waals surface area contributed by atoms with Gasteiger partial charge in [0.15, 0.2) is 0 Å². The summed E-state index contributed by atoms with van der Waals surface area (Å²) >= 11 is 0. The number of methoxy groups -OCH3 is 1. The maximum atomic E-state index is 13.8. The van der Waals surface area contributed by atoms with Crippen LogP contribution in [0.3, 0.4) is 0 Å². The Hall–Kier alpha value is -3.09. The smallest absolute Gasteiger partial charge is 0.317 e. The van der Waals surface area contributed by atoms with Crippen LogP contribution in [-0.2, 0) is 11.2 Å². The van der Waals surface area contributed by atoms with Gasteiger partial charge < -0.3 is 20.3 Å². The van der Waals surface area contributed by atoms with Crippen molar-refractivity contribution in [2.45, 2.75) is 52.0 Å². The van der Waals surface area contributed by atoms with Crippen LogP contribution < -0.4 is 15.4 Å². The first-order valence-corrected chi connectivity index (χ1v) is 12.1. The minimum absolute atomic E-state index is 0.0337. The zero-order chi connectivity index (χ0) is 24.5. The van der Waals surface area contributed by atoms with E-state index in [1.165, 1.54) is 6.07 Å². The summed E-state index contributed by atoms with van der Waals surface area (Å²) in [5, 5.41) is 6.02. The average molecular weight is 470 g/mol. The molecule has 3 amide bonds. The second-order valence-electron chi connectivity index (χ2n) is 8.93. The van der Waals surface area contributed by atoms with Gasteiger partial charge in [0.1, 0.15) is 11.6 Å². The average Bonchev–Trinajstić information content (AvgIpc) is 2.85. The lowest BCUT2D eigenvalue weighted by Crippen LogP contribution is -2.50. The molecule has 0 spiro atoms. The monoisotopic (exact) mass is 469 g/mol. The van der Waals surface area contributed by atoms with Gasteiger partial charge in [-0.2, -0.15) is 0 Å². The Labute approximate surface area is 201 Å². The Morgan fingerprint density at radius 1 is 1.09 bits per heavy atom. The molecular formula is C27H36FN3O3. The highest BCUT2D eigenvalue weighted by molar-refractivity contribution is 5.81. The van der Waals surface area contributed by atoms with Crippen LogP contribution in [0.1, 0.15) is 55.3 Å². The third-order valence-electron chi connectivity index (χ3n) is 6.46. The van der Waals surface area contributed by atoms with Crippen molar-refractivity contribution in [3.05, 3.63) is 65.0 Å². The summed E-state index contributed by atoms with van der Waals surface area (Å²) in [7, 11) is 1.63.